The third-order valence-electron chi connectivity index (χ3n) is 5.31. The molecule has 0 saturated heterocycles. The van der Waals surface area contributed by atoms with Gasteiger partial charge in [0.25, 0.3) is 5.91 Å². The molecular formula is C22H13F7N4O. The molecule has 5 nitrogen and oxygen atoms in total. The maximum absolute atomic E-state index is 13.6. The van der Waals surface area contributed by atoms with Crippen molar-refractivity contribution in [2.75, 3.05) is 11.4 Å². The zero-order valence-corrected chi connectivity index (χ0v) is 17.0. The lowest BCUT2D eigenvalue weighted by molar-refractivity contribution is -0.145. The topological polar surface area (TPSA) is 61.9 Å². The van der Waals surface area contributed by atoms with Crippen molar-refractivity contribution in [1.29, 1.82) is 5.26 Å². The van der Waals surface area contributed by atoms with Crippen LogP contribution in [0.3, 0.4) is 0 Å². The van der Waals surface area contributed by atoms with E-state index in [1.165, 1.54) is 35.2 Å². The fraction of sp³-hybridized carbons (Fsp3) is 0.227. The Morgan fingerprint density at radius 3 is 2.44 bits per heavy atom. The number of benzene rings is 1. The molecule has 0 N–H and O–H groups in total. The zero-order chi connectivity index (χ0) is 24.8. The van der Waals surface area contributed by atoms with Crippen molar-refractivity contribution < 1.29 is 35.5 Å². The third-order valence-corrected chi connectivity index (χ3v) is 5.31. The highest BCUT2D eigenvalue weighted by Crippen LogP contribution is 2.38. The Morgan fingerprint density at radius 2 is 1.79 bits per heavy atom. The van der Waals surface area contributed by atoms with Crippen molar-refractivity contribution in [3.8, 4) is 11.9 Å². The Bertz CT molecular complexity index is 1320. The van der Waals surface area contributed by atoms with Gasteiger partial charge in [-0.2, -0.15) is 31.6 Å². The summed E-state index contributed by atoms with van der Waals surface area (Å²) in [6.07, 6.45) is -8.52. The van der Waals surface area contributed by atoms with Crippen molar-refractivity contribution in [2.45, 2.75) is 25.2 Å². The van der Waals surface area contributed by atoms with Gasteiger partial charge >= 0.3 is 12.4 Å². The van der Waals surface area contributed by atoms with Gasteiger partial charge in [0.15, 0.2) is 5.82 Å². The largest absolute Gasteiger partial charge is 0.433 e. The molecule has 0 unspecified atom stereocenters. The summed E-state index contributed by atoms with van der Waals surface area (Å²) in [5.41, 5.74) is -4.25. The average Bonchev–Trinajstić information content (AvgIpc) is 3.25. The lowest BCUT2D eigenvalue weighted by Gasteiger charge is -2.30. The van der Waals surface area contributed by atoms with Crippen LogP contribution in [0.25, 0.3) is 5.82 Å². The molecule has 1 aliphatic rings. The maximum Gasteiger partial charge on any atom is 0.433 e. The Hall–Kier alpha value is -3.88. The molecule has 3 heterocycles. The van der Waals surface area contributed by atoms with Gasteiger partial charge in [0.05, 0.1) is 5.56 Å². The van der Waals surface area contributed by atoms with Gasteiger partial charge in [0.1, 0.15) is 28.8 Å². The molecule has 34 heavy (non-hydrogen) atoms. The van der Waals surface area contributed by atoms with Crippen LogP contribution < -0.4 is 4.90 Å². The van der Waals surface area contributed by atoms with Crippen LogP contribution in [0.2, 0.25) is 0 Å². The summed E-state index contributed by atoms with van der Waals surface area (Å²) in [5.74, 6) is -2.24. The molecule has 3 aromatic rings. The van der Waals surface area contributed by atoms with Crippen LogP contribution in [0.1, 0.15) is 39.3 Å². The highest BCUT2D eigenvalue weighted by Gasteiger charge is 2.41. The summed E-state index contributed by atoms with van der Waals surface area (Å²) in [6.45, 7) is 0.192. The number of rotatable bonds is 2. The predicted octanol–water partition coefficient (Wildman–Crippen LogP) is 5.51. The number of carbonyl (C=O) groups is 1. The van der Waals surface area contributed by atoms with E-state index < -0.39 is 46.7 Å². The number of fused-ring (bicyclic) bond motifs is 1. The van der Waals surface area contributed by atoms with Gasteiger partial charge in [0, 0.05) is 18.4 Å². The predicted molar refractivity (Wildman–Crippen MR) is 105 cm³/mol. The molecule has 4 rings (SSSR count). The van der Waals surface area contributed by atoms with Gasteiger partial charge in [-0.25, -0.2) is 9.37 Å². The molecule has 0 radical (unpaired) electrons. The van der Waals surface area contributed by atoms with E-state index in [9.17, 15) is 40.8 Å². The van der Waals surface area contributed by atoms with E-state index in [-0.39, 0.29) is 18.3 Å². The van der Waals surface area contributed by atoms with Gasteiger partial charge in [-0.1, -0.05) is 0 Å². The van der Waals surface area contributed by atoms with Crippen LogP contribution in [-0.2, 0) is 18.8 Å². The number of pyridine rings is 1. The molecule has 0 bridgehead atoms. The first-order valence-corrected chi connectivity index (χ1v) is 9.79. The van der Waals surface area contributed by atoms with Crippen molar-refractivity contribution in [3.63, 3.8) is 0 Å². The summed E-state index contributed by atoms with van der Waals surface area (Å²) in [5, 5.41) is 9.37. The number of aromatic nitrogens is 2. The number of alkyl halides is 6. The third kappa shape index (κ3) is 4.09. The van der Waals surface area contributed by atoms with Gasteiger partial charge in [-0.05, 0) is 54.8 Å². The molecule has 1 aromatic carbocycles. The molecule has 1 aliphatic heterocycles. The Labute approximate surface area is 187 Å². The minimum Gasteiger partial charge on any atom is -0.307 e. The molecule has 0 fully saturated rings. The quantitative estimate of drug-likeness (QED) is 0.453. The number of aryl methyl sites for hydroxylation is 1. The van der Waals surface area contributed by atoms with Crippen LogP contribution in [0.5, 0.6) is 0 Å². The van der Waals surface area contributed by atoms with Gasteiger partial charge < -0.3 is 4.90 Å². The van der Waals surface area contributed by atoms with Gasteiger partial charge in [-0.3, -0.25) is 9.36 Å². The number of hydrogen-bond donors (Lipinski definition) is 0. The molecule has 12 heteroatoms. The summed E-state index contributed by atoms with van der Waals surface area (Å²) >= 11 is 0. The Balaban J connectivity index is 1.88. The fourth-order valence-electron chi connectivity index (χ4n) is 3.84. The minimum absolute atomic E-state index is 0.192. The van der Waals surface area contributed by atoms with E-state index >= 15 is 0 Å². The molecular weight excluding hydrogens is 469 g/mol. The molecule has 0 saturated carbocycles. The van der Waals surface area contributed by atoms with Crippen LogP contribution in [0.4, 0.5) is 36.4 Å². The normalized spacial score (nSPS) is 14.0. The first-order valence-electron chi connectivity index (χ1n) is 9.79. The van der Waals surface area contributed by atoms with Crippen LogP contribution >= 0.6 is 0 Å². The van der Waals surface area contributed by atoms with Crippen LogP contribution in [0, 0.1) is 17.1 Å². The van der Waals surface area contributed by atoms with Crippen LogP contribution in [-0.4, -0.2) is 22.0 Å². The average molecular weight is 482 g/mol. The van der Waals surface area contributed by atoms with Gasteiger partial charge in [0.2, 0.25) is 0 Å². The SMILES string of the molecule is N#Cc1c(C(F)(F)F)cc(C(F)(F)F)nc1-n1cccc1C(=O)N1CCCc2cc(F)ccc21. The second kappa shape index (κ2) is 8.16. The van der Waals surface area contributed by atoms with Crippen molar-refractivity contribution in [3.05, 3.63) is 76.5 Å². The number of hydrogen-bond acceptors (Lipinski definition) is 3. The van der Waals surface area contributed by atoms with Crippen molar-refractivity contribution >= 4 is 11.6 Å². The van der Waals surface area contributed by atoms with Crippen molar-refractivity contribution in [1.82, 2.24) is 9.55 Å². The number of carbonyl (C=O) groups excluding carboxylic acids is 1. The van der Waals surface area contributed by atoms with Crippen LogP contribution in [0.15, 0.2) is 42.6 Å². The minimum atomic E-state index is -5.28. The lowest BCUT2D eigenvalue weighted by Crippen LogP contribution is -2.36. The molecule has 2 aromatic heterocycles. The smallest absolute Gasteiger partial charge is 0.307 e. The second-order valence-corrected chi connectivity index (χ2v) is 7.46. The molecule has 0 atom stereocenters. The number of amides is 1. The van der Waals surface area contributed by atoms with E-state index in [2.05, 4.69) is 4.98 Å². The van der Waals surface area contributed by atoms with E-state index in [0.717, 1.165) is 16.8 Å². The van der Waals surface area contributed by atoms with E-state index in [0.29, 0.717) is 24.1 Å². The summed E-state index contributed by atoms with van der Waals surface area (Å²) in [4.78, 5) is 17.9. The highest BCUT2D eigenvalue weighted by molar-refractivity contribution is 6.06. The molecule has 0 aliphatic carbocycles. The van der Waals surface area contributed by atoms with E-state index in [4.69, 9.17) is 0 Å². The van der Waals surface area contributed by atoms with Crippen molar-refractivity contribution in [2.24, 2.45) is 0 Å². The Morgan fingerprint density at radius 1 is 1.06 bits per heavy atom. The van der Waals surface area contributed by atoms with E-state index in [1.54, 1.807) is 0 Å². The summed E-state index contributed by atoms with van der Waals surface area (Å²) < 4.78 is 94.9. The lowest BCUT2D eigenvalue weighted by atomic mass is 10.0. The number of nitriles is 1. The monoisotopic (exact) mass is 482 g/mol. The summed E-state index contributed by atoms with van der Waals surface area (Å²) in [6, 6.07) is 7.23. The fourth-order valence-corrected chi connectivity index (χ4v) is 3.84. The Kier molecular flexibility index (Phi) is 5.59. The molecule has 1 amide bonds. The molecule has 176 valence electrons. The number of anilines is 1. The first-order chi connectivity index (χ1) is 15.9. The molecule has 0 spiro atoms. The maximum atomic E-state index is 13.6. The second-order valence-electron chi connectivity index (χ2n) is 7.46. The number of halogens is 7. The highest BCUT2D eigenvalue weighted by atomic mass is 19.4. The zero-order valence-electron chi connectivity index (χ0n) is 17.0. The summed E-state index contributed by atoms with van der Waals surface area (Å²) in [7, 11) is 0. The van der Waals surface area contributed by atoms with E-state index in [1.807, 2.05) is 0 Å². The standard InChI is InChI=1S/C22H13F7N4O/c23-13-5-6-16-12(9-13)3-1-8-33(16)20(34)17-4-2-7-32(17)19-14(11-30)15(21(24,25)26)10-18(31-19)22(27,28)29/h2,4-7,9-10H,1,3,8H2. The first kappa shape index (κ1) is 23.3. The van der Waals surface area contributed by atoms with Gasteiger partial charge in [-0.15, -0.1) is 0 Å². The number of nitrogens with zero attached hydrogens (tertiary/aromatic N) is 4.